The first kappa shape index (κ1) is 13.5. The van der Waals surface area contributed by atoms with Crippen LogP contribution in [-0.4, -0.2) is 16.9 Å². The molecule has 0 radical (unpaired) electrons. The first-order valence-electron chi connectivity index (χ1n) is 6.52. The van der Waals surface area contributed by atoms with Crippen LogP contribution in [0.3, 0.4) is 0 Å². The van der Waals surface area contributed by atoms with Crippen LogP contribution in [0.1, 0.15) is 41.3 Å². The zero-order valence-corrected chi connectivity index (χ0v) is 11.8. The summed E-state index contributed by atoms with van der Waals surface area (Å²) >= 11 is 1.65. The first-order valence-corrected chi connectivity index (χ1v) is 7.34. The lowest BCUT2D eigenvalue weighted by molar-refractivity contribution is -0.126. The van der Waals surface area contributed by atoms with E-state index in [9.17, 15) is 4.79 Å². The molecular formula is C13H21N3OS. The van der Waals surface area contributed by atoms with E-state index in [4.69, 9.17) is 5.73 Å². The van der Waals surface area contributed by atoms with Crippen molar-refractivity contribution >= 4 is 17.2 Å². The van der Waals surface area contributed by atoms with Crippen molar-refractivity contribution in [1.29, 1.82) is 0 Å². The van der Waals surface area contributed by atoms with Gasteiger partial charge in [0.15, 0.2) is 0 Å². The Balaban J connectivity index is 1.86. The lowest BCUT2D eigenvalue weighted by atomic mass is 9.85. The summed E-state index contributed by atoms with van der Waals surface area (Å²) in [6, 6.07) is 0.196. The summed E-state index contributed by atoms with van der Waals surface area (Å²) in [6.07, 6.45) is 3.92. The summed E-state index contributed by atoms with van der Waals surface area (Å²) in [4.78, 5) is 17.6. The highest BCUT2D eigenvalue weighted by Gasteiger charge is 2.25. The zero-order chi connectivity index (χ0) is 13.1. The van der Waals surface area contributed by atoms with E-state index in [1.165, 1.54) is 0 Å². The van der Waals surface area contributed by atoms with Crippen LogP contribution in [0.4, 0.5) is 0 Å². The zero-order valence-electron chi connectivity index (χ0n) is 11.0. The van der Waals surface area contributed by atoms with Gasteiger partial charge >= 0.3 is 0 Å². The average Bonchev–Trinajstić information content (AvgIpc) is 2.65. The Hall–Kier alpha value is -0.940. The molecular weight excluding hydrogens is 246 g/mol. The van der Waals surface area contributed by atoms with E-state index in [1.807, 2.05) is 13.8 Å². The number of nitrogens with one attached hydrogen (secondary N) is 1. The highest BCUT2D eigenvalue weighted by atomic mass is 32.1. The molecule has 4 nitrogen and oxygen atoms in total. The van der Waals surface area contributed by atoms with Crippen LogP contribution in [0.25, 0.3) is 0 Å². The fourth-order valence-electron chi connectivity index (χ4n) is 2.51. The largest absolute Gasteiger partial charge is 0.351 e. The van der Waals surface area contributed by atoms with Gasteiger partial charge in [0, 0.05) is 16.8 Å². The Labute approximate surface area is 112 Å². The number of hydrogen-bond acceptors (Lipinski definition) is 4. The molecule has 1 aromatic heterocycles. The third-order valence-electron chi connectivity index (χ3n) is 3.51. The normalized spacial score (nSPS) is 23.9. The summed E-state index contributed by atoms with van der Waals surface area (Å²) in [7, 11) is 0. The van der Waals surface area contributed by atoms with Crippen molar-refractivity contribution < 1.29 is 4.79 Å². The van der Waals surface area contributed by atoms with Crippen LogP contribution in [-0.2, 0) is 11.3 Å². The average molecular weight is 267 g/mol. The minimum atomic E-state index is 0.100. The van der Waals surface area contributed by atoms with Gasteiger partial charge in [-0.05, 0) is 33.1 Å². The molecule has 1 aliphatic rings. The van der Waals surface area contributed by atoms with Crippen molar-refractivity contribution in [3.63, 3.8) is 0 Å². The van der Waals surface area contributed by atoms with Crippen molar-refractivity contribution in [2.45, 2.75) is 52.1 Å². The molecule has 0 saturated heterocycles. The summed E-state index contributed by atoms with van der Waals surface area (Å²) in [5.41, 5.74) is 6.94. The highest BCUT2D eigenvalue weighted by Crippen LogP contribution is 2.23. The van der Waals surface area contributed by atoms with Crippen molar-refractivity contribution in [3.8, 4) is 0 Å². The van der Waals surface area contributed by atoms with Crippen molar-refractivity contribution in [3.05, 3.63) is 15.6 Å². The second-order valence-electron chi connectivity index (χ2n) is 5.08. The molecule has 1 amide bonds. The number of rotatable bonds is 3. The number of hydrogen-bond donors (Lipinski definition) is 2. The Bertz CT molecular complexity index is 430. The van der Waals surface area contributed by atoms with Gasteiger partial charge < -0.3 is 11.1 Å². The molecule has 2 rings (SSSR count). The molecule has 1 aromatic rings. The summed E-state index contributed by atoms with van der Waals surface area (Å²) < 4.78 is 0. The minimum Gasteiger partial charge on any atom is -0.351 e. The third-order valence-corrected chi connectivity index (χ3v) is 4.58. The number of carbonyl (C=O) groups is 1. The fraction of sp³-hybridized carbons (Fsp3) is 0.692. The lowest BCUT2D eigenvalue weighted by Crippen LogP contribution is -2.37. The van der Waals surface area contributed by atoms with Crippen LogP contribution in [0.15, 0.2) is 0 Å². The number of thiazole rings is 1. The SMILES string of the molecule is Cc1nc(C)c(CNC(=O)C2CCCC(N)C2)s1. The van der Waals surface area contributed by atoms with Crippen LogP contribution in [0, 0.1) is 19.8 Å². The van der Waals surface area contributed by atoms with E-state index in [0.29, 0.717) is 6.54 Å². The second-order valence-corrected chi connectivity index (χ2v) is 6.37. The molecule has 0 spiro atoms. The van der Waals surface area contributed by atoms with Crippen LogP contribution in [0.5, 0.6) is 0 Å². The maximum absolute atomic E-state index is 12.1. The van der Waals surface area contributed by atoms with Gasteiger partial charge in [0.25, 0.3) is 0 Å². The van der Waals surface area contributed by atoms with E-state index in [1.54, 1.807) is 11.3 Å². The van der Waals surface area contributed by atoms with E-state index in [2.05, 4.69) is 10.3 Å². The van der Waals surface area contributed by atoms with Crippen molar-refractivity contribution in [2.75, 3.05) is 0 Å². The van der Waals surface area contributed by atoms with Gasteiger partial charge in [-0.15, -0.1) is 11.3 Å². The van der Waals surface area contributed by atoms with Gasteiger partial charge in [0.1, 0.15) is 0 Å². The molecule has 1 saturated carbocycles. The second kappa shape index (κ2) is 5.80. The maximum Gasteiger partial charge on any atom is 0.223 e. The molecule has 3 N–H and O–H groups in total. The van der Waals surface area contributed by atoms with E-state index in [-0.39, 0.29) is 17.9 Å². The third kappa shape index (κ3) is 3.29. The smallest absolute Gasteiger partial charge is 0.223 e. The van der Waals surface area contributed by atoms with Gasteiger partial charge in [-0.1, -0.05) is 6.42 Å². The topological polar surface area (TPSA) is 68.0 Å². The van der Waals surface area contributed by atoms with Gasteiger partial charge in [-0.3, -0.25) is 4.79 Å². The molecule has 5 heteroatoms. The monoisotopic (exact) mass is 267 g/mol. The minimum absolute atomic E-state index is 0.100. The van der Waals surface area contributed by atoms with Gasteiger partial charge in [-0.2, -0.15) is 0 Å². The number of amides is 1. The van der Waals surface area contributed by atoms with Crippen LogP contribution >= 0.6 is 11.3 Å². The molecule has 1 aliphatic carbocycles. The van der Waals surface area contributed by atoms with E-state index < -0.39 is 0 Å². The molecule has 0 bridgehead atoms. The molecule has 1 fully saturated rings. The van der Waals surface area contributed by atoms with Gasteiger partial charge in [-0.25, -0.2) is 4.98 Å². The summed E-state index contributed by atoms with van der Waals surface area (Å²) in [5.74, 6) is 0.249. The molecule has 2 atom stereocenters. The molecule has 0 aliphatic heterocycles. The van der Waals surface area contributed by atoms with Crippen molar-refractivity contribution in [2.24, 2.45) is 11.7 Å². The maximum atomic E-state index is 12.1. The Kier molecular flexibility index (Phi) is 4.35. The number of nitrogens with two attached hydrogens (primary N) is 1. The number of carbonyl (C=O) groups excluding carboxylic acids is 1. The molecule has 1 heterocycles. The summed E-state index contributed by atoms with van der Waals surface area (Å²) in [6.45, 7) is 4.58. The standard InChI is InChI=1S/C13H21N3OS/c1-8-12(18-9(2)16-8)7-15-13(17)10-4-3-5-11(14)6-10/h10-11H,3-7,14H2,1-2H3,(H,15,17). The van der Waals surface area contributed by atoms with E-state index in [0.717, 1.165) is 41.3 Å². The van der Waals surface area contributed by atoms with Gasteiger partial charge in [0.05, 0.1) is 17.2 Å². The first-order chi connectivity index (χ1) is 8.56. The number of aromatic nitrogens is 1. The molecule has 0 aromatic carbocycles. The highest BCUT2D eigenvalue weighted by molar-refractivity contribution is 7.11. The fourth-order valence-corrected chi connectivity index (χ4v) is 3.39. The molecule has 2 unspecified atom stereocenters. The number of aryl methyl sites for hydroxylation is 2. The Morgan fingerprint density at radius 1 is 1.50 bits per heavy atom. The van der Waals surface area contributed by atoms with Crippen LogP contribution < -0.4 is 11.1 Å². The Morgan fingerprint density at radius 2 is 2.28 bits per heavy atom. The Morgan fingerprint density at radius 3 is 2.89 bits per heavy atom. The summed E-state index contributed by atoms with van der Waals surface area (Å²) in [5, 5.41) is 4.07. The van der Waals surface area contributed by atoms with E-state index >= 15 is 0 Å². The van der Waals surface area contributed by atoms with Gasteiger partial charge in [0.2, 0.25) is 5.91 Å². The van der Waals surface area contributed by atoms with Crippen LogP contribution in [0.2, 0.25) is 0 Å². The number of nitrogens with zero attached hydrogens (tertiary/aromatic N) is 1. The lowest BCUT2D eigenvalue weighted by Gasteiger charge is -2.25. The predicted octanol–water partition coefficient (Wildman–Crippen LogP) is 1.89. The predicted molar refractivity (Wildman–Crippen MR) is 73.4 cm³/mol. The quantitative estimate of drug-likeness (QED) is 0.879. The molecule has 18 heavy (non-hydrogen) atoms. The molecule has 100 valence electrons. The van der Waals surface area contributed by atoms with Crippen molar-refractivity contribution in [1.82, 2.24) is 10.3 Å².